The zero-order chi connectivity index (χ0) is 50.8. The molecule has 5 nitrogen and oxygen atoms in total. The van der Waals surface area contributed by atoms with E-state index in [2.05, 4.69) is 32.4 Å². The summed E-state index contributed by atoms with van der Waals surface area (Å²) in [5.41, 5.74) is -9.61. The normalized spacial score (nSPS) is 41.1. The highest BCUT2D eigenvalue weighted by atomic mass is 19.4. The Morgan fingerprint density at radius 3 is 1.35 bits per heavy atom. The Hall–Kier alpha value is -1.49. The van der Waals surface area contributed by atoms with Gasteiger partial charge in [0.1, 0.15) is 12.2 Å². The van der Waals surface area contributed by atoms with E-state index >= 15 is 0 Å². The Morgan fingerprint density at radius 1 is 0.536 bits per heavy atom. The molecular formula is C52H76F12O5. The molecule has 0 aromatic heterocycles. The fourth-order valence-electron chi connectivity index (χ4n) is 17.9. The van der Waals surface area contributed by atoms with Gasteiger partial charge < -0.3 is 18.9 Å². The molecule has 0 aromatic carbocycles. The van der Waals surface area contributed by atoms with E-state index in [4.69, 9.17) is 14.2 Å². The van der Waals surface area contributed by atoms with Crippen molar-refractivity contribution in [2.45, 2.75) is 193 Å². The minimum atomic E-state index is -5.70. The van der Waals surface area contributed by atoms with Gasteiger partial charge in [-0.1, -0.05) is 59.8 Å². The predicted molar refractivity (Wildman–Crippen MR) is 232 cm³/mol. The summed E-state index contributed by atoms with van der Waals surface area (Å²) in [5.74, 6) is 3.64. The van der Waals surface area contributed by atoms with Crippen LogP contribution in [0, 0.1) is 112 Å². The molecule has 0 amide bonds. The molecule has 17 heteroatoms. The standard InChI is InChI=1S/C28H42F6O2.C24H34F6O3/c1-15-16(2)22-13-21(15)24-19-11-20(23(12-19)25(22)24)14-26(27(29,30)31,28(32,33)34)36-17(3)35-10-9-18-7-5-4-6-8-18;1-11-12(2)16-8-15(11)19-13-6-14(17(7-13)20(16)19)9-22(23(25,26)27,24(28,29)30)32-10-18(31)33-21(3,4)5/h15-25H,4-14H2,1-3H3;11-17,19-20H,6-10H2,1-5H3. The molecule has 0 aliphatic heterocycles. The van der Waals surface area contributed by atoms with E-state index < -0.39 is 85.1 Å². The predicted octanol–water partition coefficient (Wildman–Crippen LogP) is 14.8. The summed E-state index contributed by atoms with van der Waals surface area (Å²) < 4.78 is 191. The minimum Gasteiger partial charge on any atom is -0.458 e. The summed E-state index contributed by atoms with van der Waals surface area (Å²) in [6, 6.07) is 0. The molecule has 0 saturated heterocycles. The average molecular weight is 1010 g/mol. The highest BCUT2D eigenvalue weighted by Gasteiger charge is 2.77. The molecule has 9 aliphatic rings. The molecule has 69 heavy (non-hydrogen) atoms. The van der Waals surface area contributed by atoms with Gasteiger partial charge in [0.05, 0.1) is 0 Å². The lowest BCUT2D eigenvalue weighted by Gasteiger charge is -2.46. The number of hydrogen-bond acceptors (Lipinski definition) is 5. The van der Waals surface area contributed by atoms with Gasteiger partial charge in [0.15, 0.2) is 6.29 Å². The molecule has 9 fully saturated rings. The molecule has 8 bridgehead atoms. The zero-order valence-corrected chi connectivity index (χ0v) is 41.4. The summed E-state index contributed by atoms with van der Waals surface area (Å²) in [4.78, 5) is 11.9. The van der Waals surface area contributed by atoms with E-state index in [0.717, 1.165) is 44.9 Å². The third-order valence-electron chi connectivity index (χ3n) is 20.7. The maximum absolute atomic E-state index is 14.4. The monoisotopic (exact) mass is 1010 g/mol. The van der Waals surface area contributed by atoms with Crippen molar-refractivity contribution < 1.29 is 76.4 Å². The smallest absolute Gasteiger partial charge is 0.426 e. The van der Waals surface area contributed by atoms with E-state index in [1.165, 1.54) is 34.1 Å². The zero-order valence-electron chi connectivity index (χ0n) is 41.4. The van der Waals surface area contributed by atoms with Gasteiger partial charge in [-0.3, -0.25) is 0 Å². The van der Waals surface area contributed by atoms with Crippen molar-refractivity contribution in [2.24, 2.45) is 112 Å². The van der Waals surface area contributed by atoms with Crippen molar-refractivity contribution in [3.8, 4) is 0 Å². The second-order valence-corrected chi connectivity index (χ2v) is 25.0. The van der Waals surface area contributed by atoms with E-state index in [0.29, 0.717) is 90.8 Å². The van der Waals surface area contributed by atoms with Crippen molar-refractivity contribution in [3.63, 3.8) is 0 Å². The lowest BCUT2D eigenvalue weighted by atomic mass is 9.61. The van der Waals surface area contributed by atoms with Crippen molar-refractivity contribution >= 4 is 5.97 Å². The van der Waals surface area contributed by atoms with Crippen LogP contribution < -0.4 is 0 Å². The number of esters is 1. The van der Waals surface area contributed by atoms with E-state index in [1.807, 2.05) is 0 Å². The summed E-state index contributed by atoms with van der Waals surface area (Å²) in [5, 5.41) is 0. The van der Waals surface area contributed by atoms with Gasteiger partial charge in [-0.05, 0) is 198 Å². The summed E-state index contributed by atoms with van der Waals surface area (Å²) in [6.07, 6.45) is -15.7. The third-order valence-corrected chi connectivity index (χ3v) is 20.7. The van der Waals surface area contributed by atoms with E-state index in [9.17, 15) is 57.5 Å². The van der Waals surface area contributed by atoms with Gasteiger partial charge in [-0.15, -0.1) is 0 Å². The van der Waals surface area contributed by atoms with Gasteiger partial charge in [0, 0.05) is 6.61 Å². The highest BCUT2D eigenvalue weighted by molar-refractivity contribution is 5.71. The van der Waals surface area contributed by atoms with E-state index in [-0.39, 0.29) is 42.1 Å². The number of carbonyl (C=O) groups is 1. The molecule has 19 atom stereocenters. The molecule has 9 aliphatic carbocycles. The Bertz CT molecular complexity index is 1770. The SMILES string of the molecule is CC(OCCC1CCCCC1)OC(CC1CC2CC1C1C3CC(C(C)C3C)C21)(C(F)(F)F)C(F)(F)F.CC1C(C)C2CC1C1C3CC(CC(OCC(=O)OC(C)(C)C)(C(F)(F)F)C(F)(F)F)C(C3)C21. The fourth-order valence-corrected chi connectivity index (χ4v) is 17.9. The molecule has 9 saturated carbocycles. The highest BCUT2D eigenvalue weighted by Crippen LogP contribution is 2.74. The van der Waals surface area contributed by atoms with Crippen LogP contribution in [0.2, 0.25) is 0 Å². The van der Waals surface area contributed by atoms with Crippen molar-refractivity contribution in [3.05, 3.63) is 0 Å². The Kier molecular flexibility index (Phi) is 14.6. The quantitative estimate of drug-likeness (QED) is 0.0796. The lowest BCUT2D eigenvalue weighted by molar-refractivity contribution is -0.412. The molecule has 0 spiro atoms. The van der Waals surface area contributed by atoms with Crippen molar-refractivity contribution in [1.29, 1.82) is 0 Å². The third kappa shape index (κ3) is 9.52. The maximum atomic E-state index is 14.4. The Labute approximate surface area is 400 Å². The number of carbonyl (C=O) groups excluding carboxylic acids is 1. The first-order valence-corrected chi connectivity index (χ1v) is 26.2. The Balaban J connectivity index is 0.000000187. The van der Waals surface area contributed by atoms with Crippen LogP contribution in [0.15, 0.2) is 0 Å². The molecule has 0 heterocycles. The van der Waals surface area contributed by atoms with Gasteiger partial charge in [0.2, 0.25) is 0 Å². The van der Waals surface area contributed by atoms with E-state index in [1.54, 1.807) is 0 Å². The van der Waals surface area contributed by atoms with Gasteiger partial charge >= 0.3 is 30.7 Å². The van der Waals surface area contributed by atoms with Gasteiger partial charge in [-0.25, -0.2) is 4.79 Å². The van der Waals surface area contributed by atoms with Crippen LogP contribution >= 0.6 is 0 Å². The van der Waals surface area contributed by atoms with Crippen molar-refractivity contribution in [2.75, 3.05) is 13.2 Å². The second kappa shape index (κ2) is 18.7. The molecule has 19 unspecified atom stereocenters. The molecule has 9 rings (SSSR count). The summed E-state index contributed by atoms with van der Waals surface area (Å²) in [7, 11) is 0. The Morgan fingerprint density at radius 2 is 0.942 bits per heavy atom. The first kappa shape index (κ1) is 53.8. The first-order chi connectivity index (χ1) is 31.8. The number of ether oxygens (including phenoxy) is 4. The van der Waals surface area contributed by atoms with Crippen LogP contribution in [0.4, 0.5) is 52.7 Å². The van der Waals surface area contributed by atoms with Gasteiger partial charge in [-0.2, -0.15) is 52.7 Å². The topological polar surface area (TPSA) is 54.0 Å². The molecule has 0 radical (unpaired) electrons. The number of halogens is 12. The number of hydrogen-bond donors (Lipinski definition) is 0. The van der Waals surface area contributed by atoms with Crippen LogP contribution in [0.1, 0.15) is 145 Å². The minimum absolute atomic E-state index is 0.0554. The van der Waals surface area contributed by atoms with Crippen LogP contribution in [0.3, 0.4) is 0 Å². The van der Waals surface area contributed by atoms with Crippen LogP contribution in [-0.2, 0) is 23.7 Å². The molecule has 0 aromatic rings. The second-order valence-electron chi connectivity index (χ2n) is 25.0. The molecular weight excluding hydrogens is 933 g/mol. The van der Waals surface area contributed by atoms with Gasteiger partial charge in [0.25, 0.3) is 11.2 Å². The first-order valence-electron chi connectivity index (χ1n) is 26.2. The number of fused-ring (bicyclic) bond motifs is 18. The van der Waals surface area contributed by atoms with Crippen LogP contribution in [0.5, 0.6) is 0 Å². The van der Waals surface area contributed by atoms with Crippen molar-refractivity contribution in [1.82, 2.24) is 0 Å². The van der Waals surface area contributed by atoms with Crippen LogP contribution in [-0.4, -0.2) is 67.0 Å². The number of alkyl halides is 12. The lowest BCUT2D eigenvalue weighted by Crippen LogP contribution is -2.61. The fraction of sp³-hybridized carbons (Fsp3) is 0.981. The molecule has 398 valence electrons. The van der Waals surface area contributed by atoms with Crippen LogP contribution in [0.25, 0.3) is 0 Å². The molecule has 0 N–H and O–H groups in total. The summed E-state index contributed by atoms with van der Waals surface area (Å²) >= 11 is 0. The number of rotatable bonds is 13. The average Bonchev–Trinajstić information content (AvgIpc) is 4.09. The maximum Gasteiger partial charge on any atom is 0.426 e. The summed E-state index contributed by atoms with van der Waals surface area (Å²) in [6.45, 7) is 13.2. The largest absolute Gasteiger partial charge is 0.458 e.